The summed E-state index contributed by atoms with van der Waals surface area (Å²) >= 11 is 5.88. The van der Waals surface area contributed by atoms with Crippen molar-refractivity contribution in [2.45, 2.75) is 25.5 Å². The van der Waals surface area contributed by atoms with Crippen LogP contribution in [-0.4, -0.2) is 18.5 Å². The molecule has 1 aliphatic rings. The van der Waals surface area contributed by atoms with Crippen LogP contribution in [0.25, 0.3) is 0 Å². The minimum absolute atomic E-state index is 0. The van der Waals surface area contributed by atoms with Crippen LogP contribution in [0.4, 0.5) is 0 Å². The Bertz CT molecular complexity index is 703. The van der Waals surface area contributed by atoms with E-state index in [0.717, 1.165) is 18.4 Å². The van der Waals surface area contributed by atoms with Crippen LogP contribution < -0.4 is 15.8 Å². The molecule has 0 heterocycles. The third-order valence-electron chi connectivity index (χ3n) is 4.17. The van der Waals surface area contributed by atoms with Crippen molar-refractivity contribution in [1.82, 2.24) is 5.32 Å². The van der Waals surface area contributed by atoms with Crippen molar-refractivity contribution >= 4 is 29.9 Å². The molecule has 0 radical (unpaired) electrons. The van der Waals surface area contributed by atoms with Gasteiger partial charge in [0.25, 0.3) is 5.91 Å². The molecule has 3 rings (SSSR count). The van der Waals surface area contributed by atoms with Gasteiger partial charge < -0.3 is 15.8 Å². The van der Waals surface area contributed by atoms with Crippen LogP contribution in [0.15, 0.2) is 48.5 Å². The first-order chi connectivity index (χ1) is 11.6. The number of carbonyl (C=O) groups is 1. The molecule has 4 nitrogen and oxygen atoms in total. The summed E-state index contributed by atoms with van der Waals surface area (Å²) in [5.41, 5.74) is 7.55. The molecule has 3 N–H and O–H groups in total. The number of carbonyl (C=O) groups excluding carboxylic acids is 1. The first-order valence-electron chi connectivity index (χ1n) is 8.13. The van der Waals surface area contributed by atoms with Crippen molar-refractivity contribution < 1.29 is 9.53 Å². The van der Waals surface area contributed by atoms with E-state index in [1.807, 2.05) is 36.4 Å². The summed E-state index contributed by atoms with van der Waals surface area (Å²) in [5, 5.41) is 3.59. The Morgan fingerprint density at radius 1 is 1.20 bits per heavy atom. The largest absolute Gasteiger partial charge is 0.488 e. The maximum Gasteiger partial charge on any atom is 0.255 e. The first kappa shape index (κ1) is 19.6. The van der Waals surface area contributed by atoms with Gasteiger partial charge in [-0.05, 0) is 48.6 Å². The minimum Gasteiger partial charge on any atom is -0.488 e. The molecule has 0 bridgehead atoms. The highest BCUT2D eigenvalue weighted by Crippen LogP contribution is 2.31. The fraction of sp³-hybridized carbons (Fsp3) is 0.316. The molecule has 1 amide bonds. The molecule has 0 aromatic heterocycles. The van der Waals surface area contributed by atoms with Crippen LogP contribution in [0.2, 0.25) is 5.02 Å². The second kappa shape index (κ2) is 9.09. The van der Waals surface area contributed by atoms with Gasteiger partial charge >= 0.3 is 0 Å². The minimum atomic E-state index is -0.155. The Labute approximate surface area is 159 Å². The van der Waals surface area contributed by atoms with Gasteiger partial charge in [-0.2, -0.15) is 0 Å². The normalized spacial score (nSPS) is 14.3. The fourth-order valence-corrected chi connectivity index (χ4v) is 2.64. The zero-order chi connectivity index (χ0) is 16.9. The molecule has 0 aliphatic heterocycles. The van der Waals surface area contributed by atoms with Gasteiger partial charge in [0.1, 0.15) is 12.4 Å². The van der Waals surface area contributed by atoms with Gasteiger partial charge in [-0.25, -0.2) is 0 Å². The van der Waals surface area contributed by atoms with E-state index in [0.29, 0.717) is 35.4 Å². The summed E-state index contributed by atoms with van der Waals surface area (Å²) in [6.45, 7) is 0.873. The highest BCUT2D eigenvalue weighted by atomic mass is 35.5. The van der Waals surface area contributed by atoms with Crippen LogP contribution in [0.5, 0.6) is 5.75 Å². The Hall–Kier alpha value is -1.75. The fourth-order valence-electron chi connectivity index (χ4n) is 2.52. The van der Waals surface area contributed by atoms with E-state index in [-0.39, 0.29) is 24.4 Å². The standard InChI is InChI=1S/C19H21ClN2O2.ClH/c20-15-9-5-13(6-10-15)12-24-18-4-2-1-3-16(18)19(23)22-11-17(21)14-7-8-14;/h1-6,9-10,14,17H,7-8,11-12,21H2,(H,22,23);1H. The molecule has 1 fully saturated rings. The number of ether oxygens (including phenoxy) is 1. The Morgan fingerprint density at radius 2 is 1.88 bits per heavy atom. The summed E-state index contributed by atoms with van der Waals surface area (Å²) in [6, 6.07) is 14.7. The number of hydrogen-bond donors (Lipinski definition) is 2. The summed E-state index contributed by atoms with van der Waals surface area (Å²) < 4.78 is 5.82. The molecule has 134 valence electrons. The summed E-state index contributed by atoms with van der Waals surface area (Å²) in [7, 11) is 0. The van der Waals surface area contributed by atoms with E-state index in [2.05, 4.69) is 5.32 Å². The first-order valence-corrected chi connectivity index (χ1v) is 8.51. The molecule has 1 unspecified atom stereocenters. The lowest BCUT2D eigenvalue weighted by Crippen LogP contribution is -2.38. The van der Waals surface area contributed by atoms with Gasteiger partial charge in [0.15, 0.2) is 0 Å². The van der Waals surface area contributed by atoms with Crippen LogP contribution in [-0.2, 0) is 6.61 Å². The Balaban J connectivity index is 0.00000225. The number of amides is 1. The molecule has 1 atom stereocenters. The maximum absolute atomic E-state index is 12.4. The highest BCUT2D eigenvalue weighted by Gasteiger charge is 2.28. The van der Waals surface area contributed by atoms with E-state index in [9.17, 15) is 4.79 Å². The molecular weight excluding hydrogens is 359 g/mol. The summed E-state index contributed by atoms with van der Waals surface area (Å²) in [5.74, 6) is 0.962. The quantitative estimate of drug-likeness (QED) is 0.767. The molecular formula is C19H22Cl2N2O2. The number of hydrogen-bond acceptors (Lipinski definition) is 3. The lowest BCUT2D eigenvalue weighted by Gasteiger charge is -2.14. The molecule has 1 saturated carbocycles. The van der Waals surface area contributed by atoms with Gasteiger partial charge in [0, 0.05) is 17.6 Å². The van der Waals surface area contributed by atoms with Crippen molar-refractivity contribution in [3.63, 3.8) is 0 Å². The molecule has 6 heteroatoms. The number of halogens is 2. The van der Waals surface area contributed by atoms with Crippen molar-refractivity contribution in [3.8, 4) is 5.75 Å². The third kappa shape index (κ3) is 5.63. The number of nitrogens with one attached hydrogen (secondary N) is 1. The molecule has 1 aliphatic carbocycles. The topological polar surface area (TPSA) is 64.3 Å². The summed E-state index contributed by atoms with van der Waals surface area (Å²) in [6.07, 6.45) is 2.33. The van der Waals surface area contributed by atoms with Gasteiger partial charge in [0.2, 0.25) is 0 Å². The van der Waals surface area contributed by atoms with Crippen LogP contribution in [0.3, 0.4) is 0 Å². The SMILES string of the molecule is Cl.NC(CNC(=O)c1ccccc1OCc1ccc(Cl)cc1)C1CC1. The van der Waals surface area contributed by atoms with Crippen LogP contribution >= 0.6 is 24.0 Å². The van der Waals surface area contributed by atoms with Crippen molar-refractivity contribution in [3.05, 3.63) is 64.7 Å². The average Bonchev–Trinajstić information content (AvgIpc) is 3.44. The van der Waals surface area contributed by atoms with Gasteiger partial charge in [-0.1, -0.05) is 35.9 Å². The number of benzene rings is 2. The maximum atomic E-state index is 12.4. The zero-order valence-corrected chi connectivity index (χ0v) is 15.4. The molecule has 0 saturated heterocycles. The van der Waals surface area contributed by atoms with E-state index >= 15 is 0 Å². The molecule has 0 spiro atoms. The Kier molecular flexibility index (Phi) is 7.12. The second-order valence-electron chi connectivity index (χ2n) is 6.12. The number of para-hydroxylation sites is 1. The molecule has 25 heavy (non-hydrogen) atoms. The van der Waals surface area contributed by atoms with Crippen LogP contribution in [0.1, 0.15) is 28.8 Å². The second-order valence-corrected chi connectivity index (χ2v) is 6.56. The lowest BCUT2D eigenvalue weighted by atomic mass is 10.1. The highest BCUT2D eigenvalue weighted by molar-refractivity contribution is 6.30. The van der Waals surface area contributed by atoms with Crippen molar-refractivity contribution in [2.24, 2.45) is 11.7 Å². The predicted molar refractivity (Wildman–Crippen MR) is 103 cm³/mol. The average molecular weight is 381 g/mol. The predicted octanol–water partition coefficient (Wildman–Crippen LogP) is 3.81. The van der Waals surface area contributed by atoms with Crippen LogP contribution in [0, 0.1) is 5.92 Å². The van der Waals surface area contributed by atoms with E-state index < -0.39 is 0 Å². The van der Waals surface area contributed by atoms with E-state index in [4.69, 9.17) is 22.1 Å². The summed E-state index contributed by atoms with van der Waals surface area (Å²) in [4.78, 5) is 12.4. The van der Waals surface area contributed by atoms with Gasteiger partial charge in [-0.3, -0.25) is 4.79 Å². The van der Waals surface area contributed by atoms with Gasteiger partial charge in [-0.15, -0.1) is 12.4 Å². The van der Waals surface area contributed by atoms with Crippen molar-refractivity contribution in [2.75, 3.05) is 6.54 Å². The number of rotatable bonds is 7. The molecule has 2 aromatic rings. The van der Waals surface area contributed by atoms with Gasteiger partial charge in [0.05, 0.1) is 5.56 Å². The zero-order valence-electron chi connectivity index (χ0n) is 13.8. The van der Waals surface area contributed by atoms with E-state index in [1.54, 1.807) is 12.1 Å². The molecule has 2 aromatic carbocycles. The lowest BCUT2D eigenvalue weighted by molar-refractivity contribution is 0.0945. The number of nitrogens with two attached hydrogens (primary N) is 1. The Morgan fingerprint density at radius 3 is 2.56 bits per heavy atom. The smallest absolute Gasteiger partial charge is 0.255 e. The monoisotopic (exact) mass is 380 g/mol. The third-order valence-corrected chi connectivity index (χ3v) is 4.42. The van der Waals surface area contributed by atoms with Crippen molar-refractivity contribution in [1.29, 1.82) is 0 Å². The van der Waals surface area contributed by atoms with E-state index in [1.165, 1.54) is 0 Å².